The van der Waals surface area contributed by atoms with Crippen molar-refractivity contribution in [3.8, 4) is 0 Å². The molecule has 0 aliphatic carbocycles. The van der Waals surface area contributed by atoms with Gasteiger partial charge in [0, 0.05) is 40.2 Å². The van der Waals surface area contributed by atoms with E-state index in [0.29, 0.717) is 12.1 Å². The van der Waals surface area contributed by atoms with Crippen LogP contribution in [-0.2, 0) is 6.42 Å². The number of rotatable bonds is 5. The lowest BCUT2D eigenvalue weighted by molar-refractivity contribution is 0.215. The largest absolute Gasteiger partial charge is 0.312 e. The quantitative estimate of drug-likeness (QED) is 0.887. The number of hydrogen-bond donors (Lipinski definition) is 1. The number of likely N-dealkylation sites (N-methyl/N-ethyl adjacent to an activating group) is 2. The van der Waals surface area contributed by atoms with Crippen LogP contribution in [0.4, 0.5) is 0 Å². The van der Waals surface area contributed by atoms with Crippen LogP contribution in [0, 0.1) is 0 Å². The summed E-state index contributed by atoms with van der Waals surface area (Å²) in [5.74, 6) is 2.38. The summed E-state index contributed by atoms with van der Waals surface area (Å²) in [4.78, 5) is 2.45. The van der Waals surface area contributed by atoms with E-state index in [-0.39, 0.29) is 0 Å². The maximum atomic E-state index is 6.32. The Kier molecular flexibility index (Phi) is 6.50. The average Bonchev–Trinajstić information content (AvgIpc) is 2.43. The summed E-state index contributed by atoms with van der Waals surface area (Å²) in [7, 11) is 2.21. The van der Waals surface area contributed by atoms with Gasteiger partial charge in [-0.2, -0.15) is 11.8 Å². The van der Waals surface area contributed by atoms with Crippen LogP contribution in [0.5, 0.6) is 0 Å². The maximum Gasteiger partial charge on any atom is 0.0453 e. The highest BCUT2D eigenvalue weighted by molar-refractivity contribution is 7.99. The summed E-state index contributed by atoms with van der Waals surface area (Å²) in [6.45, 7) is 4.26. The minimum atomic E-state index is 0.384. The fourth-order valence-electron chi connectivity index (χ4n) is 2.68. The molecule has 2 rings (SSSR count). The number of hydrogen-bond acceptors (Lipinski definition) is 3. The second kappa shape index (κ2) is 7.90. The standard InChI is InChI=1S/C15H22Cl2N2S/c1-3-18-14(15-10-20-8-7-19(15)2)9-11-12(16)5-4-6-13(11)17/h4-6,14-15,18H,3,7-10H2,1-2H3. The van der Waals surface area contributed by atoms with Crippen molar-refractivity contribution in [2.75, 3.05) is 31.6 Å². The SMILES string of the molecule is CCNC(Cc1c(Cl)cccc1Cl)C1CSCCN1C. The molecule has 0 amide bonds. The molecule has 2 unspecified atom stereocenters. The molecule has 0 aromatic heterocycles. The molecule has 1 fully saturated rings. The second-order valence-corrected chi connectivity index (χ2v) is 7.16. The Morgan fingerprint density at radius 1 is 1.40 bits per heavy atom. The third kappa shape index (κ3) is 4.05. The highest BCUT2D eigenvalue weighted by atomic mass is 35.5. The van der Waals surface area contributed by atoms with E-state index in [4.69, 9.17) is 23.2 Å². The Labute approximate surface area is 136 Å². The fourth-order valence-corrected chi connectivity index (χ4v) is 4.55. The summed E-state index contributed by atoms with van der Waals surface area (Å²) in [6, 6.07) is 6.66. The van der Waals surface area contributed by atoms with Gasteiger partial charge in [0.2, 0.25) is 0 Å². The van der Waals surface area contributed by atoms with Gasteiger partial charge >= 0.3 is 0 Å². The van der Waals surface area contributed by atoms with E-state index in [1.54, 1.807) is 0 Å². The molecule has 1 saturated heterocycles. The van der Waals surface area contributed by atoms with Gasteiger partial charge in [0.1, 0.15) is 0 Å². The third-order valence-corrected chi connectivity index (χ3v) is 5.62. The van der Waals surface area contributed by atoms with Crippen molar-refractivity contribution < 1.29 is 0 Å². The number of nitrogens with one attached hydrogen (secondary N) is 1. The van der Waals surface area contributed by atoms with Gasteiger partial charge in [-0.05, 0) is 37.7 Å². The Morgan fingerprint density at radius 2 is 2.10 bits per heavy atom. The zero-order chi connectivity index (χ0) is 14.5. The summed E-state index contributed by atoms with van der Waals surface area (Å²) in [5, 5.41) is 5.15. The molecule has 20 heavy (non-hydrogen) atoms. The van der Waals surface area contributed by atoms with Gasteiger partial charge in [0.05, 0.1) is 0 Å². The monoisotopic (exact) mass is 332 g/mol. The van der Waals surface area contributed by atoms with Crippen LogP contribution in [0.1, 0.15) is 12.5 Å². The van der Waals surface area contributed by atoms with Crippen LogP contribution in [0.15, 0.2) is 18.2 Å². The van der Waals surface area contributed by atoms with Crippen molar-refractivity contribution in [2.24, 2.45) is 0 Å². The number of nitrogens with zero attached hydrogens (tertiary/aromatic N) is 1. The Hall–Kier alpha value is 0.0700. The Bertz CT molecular complexity index is 422. The number of thioether (sulfide) groups is 1. The van der Waals surface area contributed by atoms with Crippen LogP contribution in [0.3, 0.4) is 0 Å². The topological polar surface area (TPSA) is 15.3 Å². The van der Waals surface area contributed by atoms with Crippen LogP contribution >= 0.6 is 35.0 Å². The highest BCUT2D eigenvalue weighted by Gasteiger charge is 2.28. The molecule has 0 spiro atoms. The van der Waals surface area contributed by atoms with Gasteiger partial charge in [0.25, 0.3) is 0 Å². The van der Waals surface area contributed by atoms with Crippen molar-refractivity contribution >= 4 is 35.0 Å². The van der Waals surface area contributed by atoms with E-state index in [1.807, 2.05) is 30.0 Å². The van der Waals surface area contributed by atoms with Gasteiger partial charge in [0.15, 0.2) is 0 Å². The second-order valence-electron chi connectivity index (χ2n) is 5.19. The van der Waals surface area contributed by atoms with E-state index in [1.165, 1.54) is 5.75 Å². The average molecular weight is 333 g/mol. The van der Waals surface area contributed by atoms with Gasteiger partial charge in [-0.25, -0.2) is 0 Å². The minimum absolute atomic E-state index is 0.384. The molecular weight excluding hydrogens is 311 g/mol. The minimum Gasteiger partial charge on any atom is -0.312 e. The Balaban J connectivity index is 2.16. The van der Waals surface area contributed by atoms with Crippen LogP contribution in [0.2, 0.25) is 10.0 Å². The summed E-state index contributed by atoms with van der Waals surface area (Å²) in [6.07, 6.45) is 0.877. The highest BCUT2D eigenvalue weighted by Crippen LogP contribution is 2.28. The van der Waals surface area contributed by atoms with E-state index in [9.17, 15) is 0 Å². The summed E-state index contributed by atoms with van der Waals surface area (Å²) < 4.78 is 0. The first kappa shape index (κ1) is 16.4. The van der Waals surface area contributed by atoms with Crippen LogP contribution in [0.25, 0.3) is 0 Å². The normalized spacial score (nSPS) is 21.9. The van der Waals surface area contributed by atoms with Gasteiger partial charge in [-0.15, -0.1) is 0 Å². The van der Waals surface area contributed by atoms with Gasteiger partial charge in [-0.3, -0.25) is 0 Å². The zero-order valence-corrected chi connectivity index (χ0v) is 14.4. The first-order valence-electron chi connectivity index (χ1n) is 7.07. The van der Waals surface area contributed by atoms with Crippen LogP contribution < -0.4 is 5.32 Å². The van der Waals surface area contributed by atoms with E-state index in [0.717, 1.165) is 40.9 Å². The molecular formula is C15H22Cl2N2S. The van der Waals surface area contributed by atoms with Crippen molar-refractivity contribution in [2.45, 2.75) is 25.4 Å². The molecule has 112 valence electrons. The predicted octanol–water partition coefficient (Wildman–Crippen LogP) is 3.56. The van der Waals surface area contributed by atoms with Gasteiger partial charge in [-0.1, -0.05) is 36.2 Å². The summed E-state index contributed by atoms with van der Waals surface area (Å²) >= 11 is 14.7. The predicted molar refractivity (Wildman–Crippen MR) is 91.4 cm³/mol. The van der Waals surface area contributed by atoms with Crippen molar-refractivity contribution in [3.63, 3.8) is 0 Å². The third-order valence-electron chi connectivity index (χ3n) is 3.86. The molecule has 1 N–H and O–H groups in total. The molecule has 0 saturated carbocycles. The number of benzene rings is 1. The molecule has 1 heterocycles. The molecule has 1 aliphatic heterocycles. The Morgan fingerprint density at radius 3 is 2.70 bits per heavy atom. The zero-order valence-electron chi connectivity index (χ0n) is 12.0. The first-order chi connectivity index (χ1) is 9.63. The van der Waals surface area contributed by atoms with E-state index >= 15 is 0 Å². The van der Waals surface area contributed by atoms with Crippen molar-refractivity contribution in [1.82, 2.24) is 10.2 Å². The fraction of sp³-hybridized carbons (Fsp3) is 0.600. The lowest BCUT2D eigenvalue weighted by Crippen LogP contribution is -2.53. The van der Waals surface area contributed by atoms with E-state index in [2.05, 4.69) is 24.2 Å². The molecule has 2 nitrogen and oxygen atoms in total. The smallest absolute Gasteiger partial charge is 0.0453 e. The maximum absolute atomic E-state index is 6.32. The van der Waals surface area contributed by atoms with Gasteiger partial charge < -0.3 is 10.2 Å². The summed E-state index contributed by atoms with van der Waals surface area (Å²) in [5.41, 5.74) is 1.06. The molecule has 1 aromatic rings. The van der Waals surface area contributed by atoms with Crippen molar-refractivity contribution in [3.05, 3.63) is 33.8 Å². The molecule has 2 atom stereocenters. The molecule has 1 aromatic carbocycles. The molecule has 0 radical (unpaired) electrons. The lowest BCUT2D eigenvalue weighted by atomic mass is 9.99. The molecule has 1 aliphatic rings. The lowest BCUT2D eigenvalue weighted by Gasteiger charge is -2.38. The molecule has 5 heteroatoms. The van der Waals surface area contributed by atoms with Crippen LogP contribution in [-0.4, -0.2) is 48.6 Å². The van der Waals surface area contributed by atoms with E-state index < -0.39 is 0 Å². The molecule has 0 bridgehead atoms. The first-order valence-corrected chi connectivity index (χ1v) is 8.98. The van der Waals surface area contributed by atoms with Crippen molar-refractivity contribution in [1.29, 1.82) is 0 Å². The number of halogens is 2.